The first-order chi connectivity index (χ1) is 21.3. The number of para-hydroxylation sites is 2. The van der Waals surface area contributed by atoms with Gasteiger partial charge in [0.25, 0.3) is 0 Å². The molecule has 2 atom stereocenters. The quantitative estimate of drug-likeness (QED) is 0.302. The lowest BCUT2D eigenvalue weighted by Crippen LogP contribution is -2.46. The maximum atomic E-state index is 10.9. The summed E-state index contributed by atoms with van der Waals surface area (Å²) in [6.07, 6.45) is 6.97. The summed E-state index contributed by atoms with van der Waals surface area (Å²) in [6.45, 7) is 18.3. The van der Waals surface area contributed by atoms with Crippen LogP contribution in [0.1, 0.15) is 83.6 Å². The number of aryl methyl sites for hydroxylation is 2. The molecule has 1 N–H and O–H groups in total. The summed E-state index contributed by atoms with van der Waals surface area (Å²) in [7, 11) is 3.25. The fourth-order valence-electron chi connectivity index (χ4n) is 5.62. The van der Waals surface area contributed by atoms with Gasteiger partial charge in [-0.1, -0.05) is 81.3 Å². The Bertz CT molecular complexity index is 1180. The second-order valence-corrected chi connectivity index (χ2v) is 10.8. The summed E-state index contributed by atoms with van der Waals surface area (Å²) in [5.74, 6) is 1.19. The molecule has 5 rings (SSSR count). The van der Waals surface area contributed by atoms with E-state index >= 15 is 0 Å². The number of rotatable bonds is 3. The van der Waals surface area contributed by atoms with Crippen molar-refractivity contribution < 1.29 is 20.5 Å². The molecular weight excluding hydrogens is 550 g/mol. The average molecular weight is 608 g/mol. The topological polar surface area (TPSA) is 88.6 Å². The molecule has 7 nitrogen and oxygen atoms in total. The highest BCUT2D eigenvalue weighted by atomic mass is 16.4. The Kier molecular flexibility index (Phi) is 20.7. The molecule has 0 bridgehead atoms. The Morgan fingerprint density at radius 1 is 0.932 bits per heavy atom. The third-order valence-electron chi connectivity index (χ3n) is 7.81. The number of aromatic nitrogens is 1. The fraction of sp³-hybridized carbons (Fsp3) is 0.459. The molecule has 1 amide bonds. The van der Waals surface area contributed by atoms with Crippen LogP contribution in [-0.2, 0) is 24.5 Å². The van der Waals surface area contributed by atoms with Gasteiger partial charge < -0.3 is 24.5 Å². The van der Waals surface area contributed by atoms with Crippen LogP contribution < -0.4 is 10.2 Å². The molecule has 2 unspecified atom stereocenters. The minimum Gasteiger partial charge on any atom is -0.388 e. The Hall–Kier alpha value is -3.84. The lowest BCUT2D eigenvalue weighted by atomic mass is 9.60. The third kappa shape index (κ3) is 12.0. The maximum Gasteiger partial charge on any atom is 0.211 e. The first-order valence-electron chi connectivity index (χ1n) is 15.4. The van der Waals surface area contributed by atoms with Crippen LogP contribution in [-0.4, -0.2) is 51.8 Å². The lowest BCUT2D eigenvalue weighted by Gasteiger charge is -2.49. The number of carbonyl (C=O) groups is 3. The van der Waals surface area contributed by atoms with E-state index in [1.165, 1.54) is 35.7 Å². The molecular formula is C37H57N3O4. The van der Waals surface area contributed by atoms with Crippen LogP contribution in [0.15, 0.2) is 66.9 Å². The number of piperidine rings is 1. The van der Waals surface area contributed by atoms with Crippen molar-refractivity contribution in [2.45, 2.75) is 79.1 Å². The van der Waals surface area contributed by atoms with E-state index in [9.17, 15) is 4.79 Å². The van der Waals surface area contributed by atoms with Gasteiger partial charge in [0.05, 0.1) is 11.4 Å². The number of nitrogens with zero attached hydrogens (tertiary/aromatic N) is 2. The zero-order chi connectivity index (χ0) is 33.5. The molecule has 0 saturated carbocycles. The summed E-state index contributed by atoms with van der Waals surface area (Å²) < 4.78 is 4.25. The highest BCUT2D eigenvalue weighted by molar-refractivity contribution is 5.81. The number of nitrogens with one attached hydrogen (secondary N) is 1. The molecule has 1 aliphatic heterocycles. The van der Waals surface area contributed by atoms with E-state index in [4.69, 9.17) is 14.6 Å². The minimum atomic E-state index is 0. The van der Waals surface area contributed by atoms with Crippen molar-refractivity contribution in [3.8, 4) is 0 Å². The Morgan fingerprint density at radius 3 is 1.93 bits per heavy atom. The largest absolute Gasteiger partial charge is 0.388 e. The second kappa shape index (κ2) is 22.7. The average Bonchev–Trinajstić information content (AvgIpc) is 3.05. The van der Waals surface area contributed by atoms with Crippen LogP contribution in [0.2, 0.25) is 0 Å². The van der Waals surface area contributed by atoms with E-state index in [-0.39, 0.29) is 6.84 Å². The van der Waals surface area contributed by atoms with E-state index in [0.29, 0.717) is 11.8 Å². The van der Waals surface area contributed by atoms with Gasteiger partial charge in [-0.25, -0.2) is 0 Å². The Balaban J connectivity index is 0. The van der Waals surface area contributed by atoms with Crippen LogP contribution in [0, 0.1) is 19.8 Å². The number of methoxy groups -OCH3 is 1. The number of hydrogen-bond donors (Lipinski definition) is 1. The van der Waals surface area contributed by atoms with E-state index < -0.39 is 0 Å². The molecule has 1 aliphatic carbocycles. The number of anilines is 2. The predicted molar refractivity (Wildman–Crippen MR) is 187 cm³/mol. The van der Waals surface area contributed by atoms with Crippen LogP contribution in [0.3, 0.4) is 0 Å². The highest BCUT2D eigenvalue weighted by Gasteiger charge is 2.44. The van der Waals surface area contributed by atoms with Gasteiger partial charge >= 0.3 is 0 Å². The normalized spacial score (nSPS) is 16.9. The number of pyridine rings is 1. The summed E-state index contributed by atoms with van der Waals surface area (Å²) in [5, 5.41) is 2.84. The molecule has 1 aromatic heterocycles. The van der Waals surface area contributed by atoms with Crippen molar-refractivity contribution in [1.29, 1.82) is 0 Å². The monoisotopic (exact) mass is 607 g/mol. The molecule has 2 aliphatic rings. The maximum absolute atomic E-state index is 10.9. The van der Waals surface area contributed by atoms with Gasteiger partial charge in [0.2, 0.25) is 6.41 Å². The fourth-order valence-corrected chi connectivity index (χ4v) is 5.62. The summed E-state index contributed by atoms with van der Waals surface area (Å²) >= 11 is 0. The highest BCUT2D eigenvalue weighted by Crippen LogP contribution is 2.50. The molecule has 1 fully saturated rings. The van der Waals surface area contributed by atoms with Gasteiger partial charge in [-0.15, -0.1) is 0 Å². The molecule has 1 saturated heterocycles. The Morgan fingerprint density at radius 2 is 1.43 bits per heavy atom. The summed E-state index contributed by atoms with van der Waals surface area (Å²) in [4.78, 5) is 34.9. The van der Waals surface area contributed by atoms with Crippen molar-refractivity contribution in [2.24, 2.45) is 5.92 Å². The van der Waals surface area contributed by atoms with E-state index in [1.807, 2.05) is 45.0 Å². The van der Waals surface area contributed by atoms with Crippen molar-refractivity contribution in [3.63, 3.8) is 0 Å². The van der Waals surface area contributed by atoms with Gasteiger partial charge in [0.1, 0.15) is 13.1 Å². The zero-order valence-corrected chi connectivity index (χ0v) is 28.4. The van der Waals surface area contributed by atoms with Crippen LogP contribution >= 0.6 is 0 Å². The number of hydrogen-bond acceptors (Lipinski definition) is 6. The van der Waals surface area contributed by atoms with Gasteiger partial charge in [-0.3, -0.25) is 9.78 Å². The number of fused-ring (bicyclic) bond motifs is 2. The lowest BCUT2D eigenvalue weighted by molar-refractivity contribution is -0.106. The minimum absolute atomic E-state index is 0. The second-order valence-electron chi connectivity index (χ2n) is 10.8. The smallest absolute Gasteiger partial charge is 0.211 e. The van der Waals surface area contributed by atoms with Gasteiger partial charge in [0, 0.05) is 52.0 Å². The molecule has 244 valence electrons. The number of aldehydes is 1. The number of benzene rings is 2. The standard InChI is InChI=1S/C22H27N3O.C8H10.C2H6O.C2H4O.C2H6.CH2O.H2/c1-16-14-22(18-6-5-11-23-21(18)17(16)2)9-12-25(13-10-22)20-8-4-3-7-19(20)24-15-26;1-7-3-5-8(2)6-4-7;1-3-2;1-2-3;2*1-2;/h3-8,11,15-17H,9-10,12-14H2,1-2H3,(H,24,26);3-6H,1-2H3;1-2H3;2H,1H3;1-2H3;1H2;1H. The molecule has 0 radical (unpaired) electrons. The van der Waals surface area contributed by atoms with E-state index in [2.05, 4.69) is 85.1 Å². The van der Waals surface area contributed by atoms with Crippen LogP contribution in [0.5, 0.6) is 0 Å². The van der Waals surface area contributed by atoms with Gasteiger partial charge in [-0.05, 0) is 69.7 Å². The number of amides is 1. The SMILES string of the molecule is C=O.CC.CC1CC2(CCN(c3ccccc3NC=O)CC2)c2cccnc2C1C.CC=O.COC.Cc1ccc(C)cc1.[HH]. The molecule has 1 spiro atoms. The first-order valence-corrected chi connectivity index (χ1v) is 15.4. The van der Waals surface area contributed by atoms with Crippen molar-refractivity contribution in [1.82, 2.24) is 4.98 Å². The predicted octanol–water partition coefficient (Wildman–Crippen LogP) is 8.19. The number of ether oxygens (including phenoxy) is 1. The van der Waals surface area contributed by atoms with E-state index in [0.717, 1.165) is 50.0 Å². The zero-order valence-electron chi connectivity index (χ0n) is 28.4. The molecule has 44 heavy (non-hydrogen) atoms. The van der Waals surface area contributed by atoms with E-state index in [1.54, 1.807) is 14.2 Å². The van der Waals surface area contributed by atoms with Crippen molar-refractivity contribution >= 4 is 30.9 Å². The summed E-state index contributed by atoms with van der Waals surface area (Å²) in [5.41, 5.74) is 7.71. The van der Waals surface area contributed by atoms with Crippen LogP contribution in [0.4, 0.5) is 11.4 Å². The summed E-state index contributed by atoms with van der Waals surface area (Å²) in [6, 6.07) is 21.0. The van der Waals surface area contributed by atoms with Gasteiger partial charge in [0.15, 0.2) is 0 Å². The molecule has 7 heteroatoms. The van der Waals surface area contributed by atoms with Crippen molar-refractivity contribution in [3.05, 3.63) is 89.2 Å². The first kappa shape index (κ1) is 40.2. The number of carbonyl (C=O) groups excluding carboxylic acids is 3. The molecule has 2 aromatic carbocycles. The van der Waals surface area contributed by atoms with Gasteiger partial charge in [-0.2, -0.15) is 0 Å². The molecule has 2 heterocycles. The Labute approximate surface area is 267 Å². The van der Waals surface area contributed by atoms with Crippen molar-refractivity contribution in [2.75, 3.05) is 37.5 Å². The molecule has 3 aromatic rings. The van der Waals surface area contributed by atoms with Crippen LogP contribution in [0.25, 0.3) is 0 Å². The third-order valence-corrected chi connectivity index (χ3v) is 7.81.